The molecule has 2 aromatic carbocycles. The maximum Gasteiger partial charge on any atom is 0.311 e. The van der Waals surface area contributed by atoms with Crippen LogP contribution in [0.25, 0.3) is 10.9 Å². The quantitative estimate of drug-likeness (QED) is 0.358. The molecule has 1 aromatic heterocycles. The van der Waals surface area contributed by atoms with Gasteiger partial charge in [0.2, 0.25) is 5.78 Å². The number of nitriles is 1. The normalized spacial score (nSPS) is 10.5. The Morgan fingerprint density at radius 3 is 2.81 bits per heavy atom. The van der Waals surface area contributed by atoms with Crippen molar-refractivity contribution in [3.05, 3.63) is 69.9 Å². The van der Waals surface area contributed by atoms with E-state index in [0.29, 0.717) is 18.5 Å². The first-order chi connectivity index (χ1) is 13.0. The van der Waals surface area contributed by atoms with Gasteiger partial charge < -0.3 is 9.30 Å². The van der Waals surface area contributed by atoms with Crippen LogP contribution in [0.3, 0.4) is 0 Å². The van der Waals surface area contributed by atoms with Crippen molar-refractivity contribution in [2.24, 2.45) is 0 Å². The fourth-order valence-corrected chi connectivity index (χ4v) is 2.94. The van der Waals surface area contributed by atoms with Gasteiger partial charge in [-0.05, 0) is 24.6 Å². The number of nitro benzene ring substituents is 1. The van der Waals surface area contributed by atoms with Crippen molar-refractivity contribution in [2.45, 2.75) is 19.9 Å². The zero-order valence-electron chi connectivity index (χ0n) is 14.7. The van der Waals surface area contributed by atoms with E-state index in [-0.39, 0.29) is 23.8 Å². The monoisotopic (exact) mass is 363 g/mol. The number of rotatable bonds is 7. The van der Waals surface area contributed by atoms with Gasteiger partial charge >= 0.3 is 5.69 Å². The van der Waals surface area contributed by atoms with Crippen molar-refractivity contribution in [1.29, 1.82) is 5.26 Å². The number of benzene rings is 2. The summed E-state index contributed by atoms with van der Waals surface area (Å²) >= 11 is 0. The van der Waals surface area contributed by atoms with Crippen LogP contribution in [-0.4, -0.2) is 21.9 Å². The number of ketones is 1. The number of ether oxygens (including phenoxy) is 1. The Labute approximate surface area is 155 Å². The van der Waals surface area contributed by atoms with Crippen LogP contribution < -0.4 is 4.74 Å². The molecule has 0 amide bonds. The Hall–Kier alpha value is -3.66. The summed E-state index contributed by atoms with van der Waals surface area (Å²) in [6.45, 7) is 1.92. The number of hydrogen-bond donors (Lipinski definition) is 0. The minimum Gasteiger partial charge on any atom is -0.478 e. The number of Topliss-reactive ketones (excluding diaryl/α,β-unsaturated/α-hetero) is 1. The molecule has 3 rings (SSSR count). The van der Waals surface area contributed by atoms with E-state index in [4.69, 9.17) is 10.00 Å². The maximum atomic E-state index is 12.7. The van der Waals surface area contributed by atoms with E-state index in [2.05, 4.69) is 6.07 Å². The van der Waals surface area contributed by atoms with Crippen molar-refractivity contribution < 1.29 is 14.5 Å². The summed E-state index contributed by atoms with van der Waals surface area (Å²) in [5.41, 5.74) is 1.90. The number of fused-ring (bicyclic) bond motifs is 1. The van der Waals surface area contributed by atoms with E-state index in [0.717, 1.165) is 16.5 Å². The van der Waals surface area contributed by atoms with Gasteiger partial charge in [-0.3, -0.25) is 14.9 Å². The first-order valence-corrected chi connectivity index (χ1v) is 8.37. The second kappa shape index (κ2) is 7.70. The van der Waals surface area contributed by atoms with Crippen LogP contribution in [0.15, 0.2) is 48.7 Å². The van der Waals surface area contributed by atoms with Crippen molar-refractivity contribution in [3.63, 3.8) is 0 Å². The number of aryl methyl sites for hydroxylation is 2. The van der Waals surface area contributed by atoms with Gasteiger partial charge in [0.15, 0.2) is 12.4 Å². The minimum absolute atomic E-state index is 0.0622. The lowest BCUT2D eigenvalue weighted by Crippen LogP contribution is -2.12. The van der Waals surface area contributed by atoms with Crippen LogP contribution in [-0.2, 0) is 6.54 Å². The van der Waals surface area contributed by atoms with Crippen molar-refractivity contribution in [1.82, 2.24) is 4.57 Å². The van der Waals surface area contributed by atoms with Gasteiger partial charge in [-0.2, -0.15) is 5.26 Å². The van der Waals surface area contributed by atoms with Crippen molar-refractivity contribution in [3.8, 4) is 11.8 Å². The molecule has 3 aromatic rings. The topological polar surface area (TPSA) is 98.2 Å². The predicted octanol–water partition coefficient (Wildman–Crippen LogP) is 4.03. The minimum atomic E-state index is -0.527. The molecule has 0 unspecified atom stereocenters. The zero-order chi connectivity index (χ0) is 19.4. The number of nitro groups is 1. The van der Waals surface area contributed by atoms with Gasteiger partial charge in [-0.15, -0.1) is 0 Å². The highest BCUT2D eigenvalue weighted by molar-refractivity contribution is 6.08. The summed E-state index contributed by atoms with van der Waals surface area (Å²) in [7, 11) is 0. The highest BCUT2D eigenvalue weighted by Crippen LogP contribution is 2.28. The van der Waals surface area contributed by atoms with Gasteiger partial charge in [0.05, 0.1) is 17.4 Å². The predicted molar refractivity (Wildman–Crippen MR) is 99.8 cm³/mol. The van der Waals surface area contributed by atoms with Crippen LogP contribution in [0.1, 0.15) is 22.3 Å². The molecule has 1 heterocycles. The van der Waals surface area contributed by atoms with E-state index in [1.54, 1.807) is 19.2 Å². The second-order valence-corrected chi connectivity index (χ2v) is 6.10. The largest absolute Gasteiger partial charge is 0.478 e. The van der Waals surface area contributed by atoms with Gasteiger partial charge in [0, 0.05) is 35.3 Å². The fourth-order valence-electron chi connectivity index (χ4n) is 2.94. The molecule has 27 heavy (non-hydrogen) atoms. The number of para-hydroxylation sites is 1. The maximum absolute atomic E-state index is 12.7. The summed E-state index contributed by atoms with van der Waals surface area (Å²) < 4.78 is 7.32. The Kier molecular flexibility index (Phi) is 5.18. The lowest BCUT2D eigenvalue weighted by atomic mass is 10.1. The number of hydrogen-bond acceptors (Lipinski definition) is 5. The zero-order valence-corrected chi connectivity index (χ0v) is 14.7. The molecule has 0 saturated heterocycles. The summed E-state index contributed by atoms with van der Waals surface area (Å²) in [6.07, 6.45) is 2.04. The molecular formula is C20H17N3O4. The molecule has 0 aliphatic rings. The molecule has 0 aliphatic carbocycles. The standard InChI is InChI=1S/C20H17N3O4/c1-14-7-8-20(18(11-14)23(25)26)27-13-19(24)16-12-22(10-4-9-21)17-6-3-2-5-15(16)17/h2-3,5-8,11-12H,4,10,13H2,1H3. The summed E-state index contributed by atoms with van der Waals surface area (Å²) in [6, 6.07) is 14.1. The Morgan fingerprint density at radius 1 is 1.30 bits per heavy atom. The molecule has 0 atom stereocenters. The Morgan fingerprint density at radius 2 is 2.07 bits per heavy atom. The van der Waals surface area contributed by atoms with E-state index in [9.17, 15) is 14.9 Å². The molecule has 7 nitrogen and oxygen atoms in total. The van der Waals surface area contributed by atoms with Gasteiger partial charge in [-0.25, -0.2) is 0 Å². The van der Waals surface area contributed by atoms with E-state index >= 15 is 0 Å². The average molecular weight is 363 g/mol. The van der Waals surface area contributed by atoms with Crippen LogP contribution >= 0.6 is 0 Å². The Balaban J connectivity index is 1.85. The number of carbonyl (C=O) groups excluding carboxylic acids is 1. The third kappa shape index (κ3) is 3.80. The molecule has 0 fully saturated rings. The second-order valence-electron chi connectivity index (χ2n) is 6.10. The van der Waals surface area contributed by atoms with Crippen LogP contribution in [0.5, 0.6) is 5.75 Å². The van der Waals surface area contributed by atoms with Crippen LogP contribution in [0, 0.1) is 28.4 Å². The number of carbonyl (C=O) groups is 1. The smallest absolute Gasteiger partial charge is 0.311 e. The molecule has 0 aliphatic heterocycles. The van der Waals surface area contributed by atoms with Crippen LogP contribution in [0.4, 0.5) is 5.69 Å². The molecule has 0 spiro atoms. The van der Waals surface area contributed by atoms with Crippen molar-refractivity contribution >= 4 is 22.4 Å². The first kappa shape index (κ1) is 18.1. The average Bonchev–Trinajstić information content (AvgIpc) is 3.04. The van der Waals surface area contributed by atoms with E-state index in [1.165, 1.54) is 12.1 Å². The van der Waals surface area contributed by atoms with E-state index < -0.39 is 4.92 Å². The lowest BCUT2D eigenvalue weighted by molar-refractivity contribution is -0.385. The highest BCUT2D eigenvalue weighted by atomic mass is 16.6. The molecular weight excluding hydrogens is 346 g/mol. The molecule has 0 radical (unpaired) electrons. The molecule has 0 bridgehead atoms. The summed E-state index contributed by atoms with van der Waals surface area (Å²) in [5, 5.41) is 20.8. The third-order valence-corrected chi connectivity index (χ3v) is 4.22. The Bertz CT molecular complexity index is 1060. The van der Waals surface area contributed by atoms with E-state index in [1.807, 2.05) is 28.8 Å². The highest BCUT2D eigenvalue weighted by Gasteiger charge is 2.19. The van der Waals surface area contributed by atoms with Gasteiger partial charge in [-0.1, -0.05) is 24.3 Å². The fraction of sp³-hybridized carbons (Fsp3) is 0.200. The van der Waals surface area contributed by atoms with Crippen LogP contribution in [0.2, 0.25) is 0 Å². The summed E-state index contributed by atoms with van der Waals surface area (Å²) in [4.78, 5) is 23.3. The SMILES string of the molecule is Cc1ccc(OCC(=O)c2cn(CCC#N)c3ccccc23)c([N+](=O)[O-])c1. The number of aromatic nitrogens is 1. The summed E-state index contributed by atoms with van der Waals surface area (Å²) in [5.74, 6) is -0.219. The molecule has 0 N–H and O–H groups in total. The van der Waals surface area contributed by atoms with Gasteiger partial charge in [0.1, 0.15) is 0 Å². The van der Waals surface area contributed by atoms with Crippen molar-refractivity contribution in [2.75, 3.05) is 6.61 Å². The first-order valence-electron chi connectivity index (χ1n) is 8.37. The molecule has 7 heteroatoms. The molecule has 136 valence electrons. The lowest BCUT2D eigenvalue weighted by Gasteiger charge is -2.06. The molecule has 0 saturated carbocycles. The number of nitrogens with zero attached hydrogens (tertiary/aromatic N) is 3. The third-order valence-electron chi connectivity index (χ3n) is 4.22. The van der Waals surface area contributed by atoms with Gasteiger partial charge in [0.25, 0.3) is 0 Å².